The molecule has 0 saturated carbocycles. The average Bonchev–Trinajstić information content (AvgIpc) is 2.43. The maximum absolute atomic E-state index is 14.8. The minimum absolute atomic E-state index is 0.173. The Bertz CT molecular complexity index is 667. The molecule has 0 bridgehead atoms. The Labute approximate surface area is 114 Å². The third-order valence-corrected chi connectivity index (χ3v) is 3.03. The minimum Gasteiger partial charge on any atom is -0.377 e. The number of H-pyrrole nitrogens is 1. The SMILES string of the molecule is CC(F)(COCCC=O)c1cccc2c(=O)[nH]ncc12. The maximum Gasteiger partial charge on any atom is 0.272 e. The lowest BCUT2D eigenvalue weighted by Gasteiger charge is -2.22. The number of nitrogens with one attached hydrogen (secondary N) is 1. The molecule has 20 heavy (non-hydrogen) atoms. The number of halogens is 1. The van der Waals surface area contributed by atoms with Gasteiger partial charge in [-0.1, -0.05) is 12.1 Å². The van der Waals surface area contributed by atoms with Crippen LogP contribution in [0.2, 0.25) is 0 Å². The molecule has 0 aliphatic carbocycles. The van der Waals surface area contributed by atoms with Gasteiger partial charge in [-0.15, -0.1) is 0 Å². The third kappa shape index (κ3) is 2.91. The number of alkyl halides is 1. The van der Waals surface area contributed by atoms with Crippen molar-refractivity contribution in [2.24, 2.45) is 0 Å². The van der Waals surface area contributed by atoms with Crippen molar-refractivity contribution in [3.8, 4) is 0 Å². The van der Waals surface area contributed by atoms with E-state index in [0.29, 0.717) is 16.3 Å². The Balaban J connectivity index is 2.34. The number of carbonyl (C=O) groups excluding carboxylic acids is 1. The van der Waals surface area contributed by atoms with Crippen LogP contribution in [0, 0.1) is 0 Å². The zero-order chi connectivity index (χ0) is 14.6. The Hall–Kier alpha value is -2.08. The fourth-order valence-corrected chi connectivity index (χ4v) is 2.05. The second-order valence-electron chi connectivity index (χ2n) is 4.67. The van der Waals surface area contributed by atoms with Crippen molar-refractivity contribution in [3.05, 3.63) is 40.3 Å². The fourth-order valence-electron chi connectivity index (χ4n) is 2.05. The van der Waals surface area contributed by atoms with E-state index < -0.39 is 5.67 Å². The van der Waals surface area contributed by atoms with E-state index in [9.17, 15) is 14.0 Å². The van der Waals surface area contributed by atoms with Crippen LogP contribution >= 0.6 is 0 Å². The van der Waals surface area contributed by atoms with Gasteiger partial charge in [0.2, 0.25) is 0 Å². The number of benzene rings is 1. The van der Waals surface area contributed by atoms with Crippen LogP contribution in [-0.2, 0) is 15.2 Å². The van der Waals surface area contributed by atoms with Crippen molar-refractivity contribution in [1.29, 1.82) is 0 Å². The summed E-state index contributed by atoms with van der Waals surface area (Å²) in [5, 5.41) is 6.86. The lowest BCUT2D eigenvalue weighted by molar-refractivity contribution is -0.109. The van der Waals surface area contributed by atoms with E-state index >= 15 is 0 Å². The molecule has 1 unspecified atom stereocenters. The quantitative estimate of drug-likeness (QED) is 0.645. The van der Waals surface area contributed by atoms with Crippen LogP contribution in [0.1, 0.15) is 18.9 Å². The number of hydrogen-bond donors (Lipinski definition) is 1. The van der Waals surface area contributed by atoms with Crippen molar-refractivity contribution in [2.75, 3.05) is 13.2 Å². The van der Waals surface area contributed by atoms with Crippen LogP contribution < -0.4 is 5.56 Å². The number of aromatic nitrogens is 2. The highest BCUT2D eigenvalue weighted by Crippen LogP contribution is 2.30. The van der Waals surface area contributed by atoms with Crippen LogP contribution in [0.4, 0.5) is 4.39 Å². The average molecular weight is 278 g/mol. The van der Waals surface area contributed by atoms with Crippen LogP contribution in [0.5, 0.6) is 0 Å². The summed E-state index contributed by atoms with van der Waals surface area (Å²) in [5.74, 6) is 0. The summed E-state index contributed by atoms with van der Waals surface area (Å²) in [5.41, 5.74) is -1.78. The summed E-state index contributed by atoms with van der Waals surface area (Å²) in [6, 6.07) is 4.84. The molecular weight excluding hydrogens is 263 g/mol. The Morgan fingerprint density at radius 1 is 1.45 bits per heavy atom. The largest absolute Gasteiger partial charge is 0.377 e. The summed E-state index contributed by atoms with van der Waals surface area (Å²) in [4.78, 5) is 21.8. The van der Waals surface area contributed by atoms with Crippen molar-refractivity contribution in [3.63, 3.8) is 0 Å². The summed E-state index contributed by atoms with van der Waals surface area (Å²) in [6.07, 6.45) is 2.37. The topological polar surface area (TPSA) is 72.1 Å². The third-order valence-electron chi connectivity index (χ3n) is 3.03. The fraction of sp³-hybridized carbons (Fsp3) is 0.357. The van der Waals surface area contributed by atoms with E-state index in [1.807, 2.05) is 0 Å². The number of fused-ring (bicyclic) bond motifs is 1. The molecule has 1 aromatic carbocycles. The molecule has 0 spiro atoms. The molecule has 6 heteroatoms. The summed E-state index contributed by atoms with van der Waals surface area (Å²) in [6.45, 7) is 1.36. The van der Waals surface area contributed by atoms with Gasteiger partial charge in [0.05, 0.1) is 24.8 Å². The van der Waals surface area contributed by atoms with E-state index in [1.165, 1.54) is 13.1 Å². The van der Waals surface area contributed by atoms with Gasteiger partial charge in [0.1, 0.15) is 6.29 Å². The molecule has 2 rings (SSSR count). The minimum atomic E-state index is -1.77. The van der Waals surface area contributed by atoms with Gasteiger partial charge < -0.3 is 9.53 Å². The molecule has 0 amide bonds. The van der Waals surface area contributed by atoms with Crippen LogP contribution in [0.15, 0.2) is 29.2 Å². The maximum atomic E-state index is 14.8. The van der Waals surface area contributed by atoms with Gasteiger partial charge in [-0.2, -0.15) is 5.10 Å². The van der Waals surface area contributed by atoms with Crippen molar-refractivity contribution >= 4 is 17.1 Å². The van der Waals surface area contributed by atoms with Crippen molar-refractivity contribution in [1.82, 2.24) is 10.2 Å². The zero-order valence-electron chi connectivity index (χ0n) is 11.1. The number of hydrogen-bond acceptors (Lipinski definition) is 4. The Kier molecular flexibility index (Phi) is 4.24. The van der Waals surface area contributed by atoms with Crippen LogP contribution in [0.25, 0.3) is 10.8 Å². The highest BCUT2D eigenvalue weighted by Gasteiger charge is 2.28. The molecule has 5 nitrogen and oxygen atoms in total. The highest BCUT2D eigenvalue weighted by atomic mass is 19.1. The molecule has 1 atom stereocenters. The van der Waals surface area contributed by atoms with Crippen LogP contribution in [-0.4, -0.2) is 29.7 Å². The number of nitrogens with zero attached hydrogens (tertiary/aromatic N) is 1. The first kappa shape index (κ1) is 14.3. The molecule has 0 fully saturated rings. The number of rotatable bonds is 6. The molecule has 1 aromatic heterocycles. The van der Waals surface area contributed by atoms with E-state index in [0.717, 1.165) is 6.29 Å². The number of aromatic amines is 1. The standard InChI is InChI=1S/C14H15FN2O3/c1-14(15,9-20-7-3-6-18)12-5-2-4-10-11(12)8-16-17-13(10)19/h2,4-6,8H,3,7,9H2,1H3,(H,17,19). The van der Waals surface area contributed by atoms with E-state index in [4.69, 9.17) is 4.74 Å². The molecule has 1 heterocycles. The summed E-state index contributed by atoms with van der Waals surface area (Å²) >= 11 is 0. The Morgan fingerprint density at radius 2 is 2.25 bits per heavy atom. The molecule has 0 saturated heterocycles. The predicted octanol–water partition coefficient (Wildman–Crippen LogP) is 1.71. The van der Waals surface area contributed by atoms with Gasteiger partial charge in [-0.3, -0.25) is 4.79 Å². The molecule has 0 aliphatic heterocycles. The lowest BCUT2D eigenvalue weighted by Crippen LogP contribution is -2.24. The highest BCUT2D eigenvalue weighted by molar-refractivity contribution is 5.84. The monoisotopic (exact) mass is 278 g/mol. The van der Waals surface area contributed by atoms with Gasteiger partial charge in [0.25, 0.3) is 5.56 Å². The van der Waals surface area contributed by atoms with Crippen molar-refractivity contribution in [2.45, 2.75) is 19.0 Å². The predicted molar refractivity (Wildman–Crippen MR) is 72.3 cm³/mol. The van der Waals surface area contributed by atoms with Crippen LogP contribution in [0.3, 0.4) is 0 Å². The Morgan fingerprint density at radius 3 is 3.00 bits per heavy atom. The first-order chi connectivity index (χ1) is 9.56. The van der Waals surface area contributed by atoms with E-state index in [-0.39, 0.29) is 25.2 Å². The van der Waals surface area contributed by atoms with Gasteiger partial charge in [-0.25, -0.2) is 9.49 Å². The molecule has 0 radical (unpaired) electrons. The number of ether oxygens (including phenoxy) is 1. The van der Waals surface area contributed by atoms with Gasteiger partial charge in [0, 0.05) is 17.4 Å². The summed E-state index contributed by atoms with van der Waals surface area (Å²) in [7, 11) is 0. The van der Waals surface area contributed by atoms with Gasteiger partial charge in [-0.05, 0) is 13.0 Å². The zero-order valence-corrected chi connectivity index (χ0v) is 11.1. The molecule has 0 aliphatic rings. The lowest BCUT2D eigenvalue weighted by atomic mass is 9.94. The second-order valence-corrected chi connectivity index (χ2v) is 4.67. The number of carbonyl (C=O) groups is 1. The number of aldehydes is 1. The molecule has 1 N–H and O–H groups in total. The van der Waals surface area contributed by atoms with Crippen molar-refractivity contribution < 1.29 is 13.9 Å². The second kappa shape index (κ2) is 5.92. The normalized spacial score (nSPS) is 14.1. The molecule has 106 valence electrons. The molecule has 2 aromatic rings. The molecular formula is C14H15FN2O3. The van der Waals surface area contributed by atoms with E-state index in [2.05, 4.69) is 10.2 Å². The summed E-state index contributed by atoms with van der Waals surface area (Å²) < 4.78 is 19.9. The van der Waals surface area contributed by atoms with Gasteiger partial charge >= 0.3 is 0 Å². The first-order valence-corrected chi connectivity index (χ1v) is 6.23. The first-order valence-electron chi connectivity index (χ1n) is 6.23. The van der Waals surface area contributed by atoms with Gasteiger partial charge in [0.15, 0.2) is 5.67 Å². The smallest absolute Gasteiger partial charge is 0.272 e. The van der Waals surface area contributed by atoms with E-state index in [1.54, 1.807) is 18.2 Å².